The van der Waals surface area contributed by atoms with Crippen molar-refractivity contribution in [3.05, 3.63) is 77.4 Å². The molecule has 0 spiro atoms. The first kappa shape index (κ1) is 17.0. The molecule has 0 radical (unpaired) electrons. The number of Topliss-reactive ketones (excluding diaryl/α,β-unsaturated/α-hetero) is 1. The third-order valence-electron chi connectivity index (χ3n) is 4.45. The molecule has 0 amide bonds. The lowest BCUT2D eigenvalue weighted by Crippen LogP contribution is -2.37. The molecule has 128 valence electrons. The number of carbonyl (C=O) groups is 1. The van der Waals surface area contributed by atoms with E-state index in [1.807, 2.05) is 80.2 Å². The van der Waals surface area contributed by atoms with Crippen LogP contribution >= 0.6 is 0 Å². The Balaban J connectivity index is 1.90. The molecule has 1 aromatic carbocycles. The highest BCUT2D eigenvalue weighted by molar-refractivity contribution is 5.96. The van der Waals surface area contributed by atoms with Gasteiger partial charge in [0.15, 0.2) is 12.4 Å². The second-order valence-electron chi connectivity index (χ2n) is 6.29. The van der Waals surface area contributed by atoms with Crippen LogP contribution in [0.15, 0.2) is 54.9 Å². The van der Waals surface area contributed by atoms with Gasteiger partial charge in [0, 0.05) is 34.8 Å². The first-order chi connectivity index (χ1) is 12.0. The Bertz CT molecular complexity index is 891. The van der Waals surface area contributed by atoms with Gasteiger partial charge in [-0.25, -0.2) is 0 Å². The maximum atomic E-state index is 12.8. The normalized spacial score (nSPS) is 10.7. The smallest absolute Gasteiger partial charge is 0.229 e. The topological polar surface area (TPSA) is 35.1 Å². The molecule has 0 atom stereocenters. The van der Waals surface area contributed by atoms with Gasteiger partial charge in [0.2, 0.25) is 12.3 Å². The Morgan fingerprint density at radius 1 is 1.04 bits per heavy atom. The molecule has 0 bridgehead atoms. The molecule has 3 rings (SSSR count). The third-order valence-corrected chi connectivity index (χ3v) is 4.45. The number of aryl methyl sites for hydroxylation is 2. The molecular weight excluding hydrogens is 312 g/mol. The van der Waals surface area contributed by atoms with Crippen LogP contribution in [-0.4, -0.2) is 17.5 Å². The molecular formula is C21H23N2O2+. The minimum absolute atomic E-state index is 0.113. The number of ketones is 1. The van der Waals surface area contributed by atoms with E-state index in [1.54, 1.807) is 7.11 Å². The van der Waals surface area contributed by atoms with Crippen molar-refractivity contribution in [2.24, 2.45) is 0 Å². The molecule has 2 aromatic heterocycles. The lowest BCUT2D eigenvalue weighted by Gasteiger charge is -2.10. The van der Waals surface area contributed by atoms with Crippen molar-refractivity contribution >= 4 is 5.78 Å². The molecule has 0 aliphatic carbocycles. The second kappa shape index (κ2) is 6.93. The van der Waals surface area contributed by atoms with Crippen LogP contribution < -0.4 is 9.30 Å². The Morgan fingerprint density at radius 3 is 2.28 bits per heavy atom. The zero-order valence-corrected chi connectivity index (χ0v) is 15.1. The number of hydrogen-bond donors (Lipinski definition) is 0. The molecule has 25 heavy (non-hydrogen) atoms. The number of pyridine rings is 1. The lowest BCUT2D eigenvalue weighted by atomic mass is 10.1. The van der Waals surface area contributed by atoms with Crippen molar-refractivity contribution in [1.29, 1.82) is 0 Å². The molecule has 0 aliphatic heterocycles. The molecule has 0 saturated heterocycles. The summed E-state index contributed by atoms with van der Waals surface area (Å²) in [6.07, 6.45) is 3.88. The number of benzene rings is 1. The zero-order valence-electron chi connectivity index (χ0n) is 15.1. The Morgan fingerprint density at radius 2 is 1.68 bits per heavy atom. The summed E-state index contributed by atoms with van der Waals surface area (Å²) >= 11 is 0. The molecule has 0 unspecified atom stereocenters. The predicted molar refractivity (Wildman–Crippen MR) is 97.5 cm³/mol. The highest BCUT2D eigenvalue weighted by Gasteiger charge is 2.19. The largest absolute Gasteiger partial charge is 0.497 e. The van der Waals surface area contributed by atoms with Crippen LogP contribution in [0.5, 0.6) is 5.75 Å². The number of rotatable bonds is 5. The summed E-state index contributed by atoms with van der Waals surface area (Å²) in [5.41, 5.74) is 4.97. The fourth-order valence-electron chi connectivity index (χ4n) is 3.06. The van der Waals surface area contributed by atoms with Gasteiger partial charge in [-0.05, 0) is 56.7 Å². The molecule has 4 nitrogen and oxygen atoms in total. The Kier molecular flexibility index (Phi) is 4.70. The van der Waals surface area contributed by atoms with Crippen molar-refractivity contribution in [3.63, 3.8) is 0 Å². The van der Waals surface area contributed by atoms with Crippen molar-refractivity contribution in [1.82, 2.24) is 4.57 Å². The van der Waals surface area contributed by atoms with Gasteiger partial charge in [0.05, 0.1) is 7.11 Å². The summed E-state index contributed by atoms with van der Waals surface area (Å²) in [6.45, 7) is 6.39. The molecule has 0 N–H and O–H groups in total. The molecule has 0 saturated carbocycles. The van der Waals surface area contributed by atoms with E-state index in [0.717, 1.165) is 28.4 Å². The fourth-order valence-corrected chi connectivity index (χ4v) is 3.06. The standard InChI is InChI=1S/C21H23N2O2/c1-15-9-11-22(12-10-15)14-21(24)20-13-16(2)23(17(20)3)18-5-7-19(25-4)8-6-18/h5-13H,14H2,1-4H3/q+1. The average molecular weight is 335 g/mol. The van der Waals surface area contributed by atoms with E-state index in [1.165, 1.54) is 5.56 Å². The van der Waals surface area contributed by atoms with Crippen LogP contribution in [0.2, 0.25) is 0 Å². The van der Waals surface area contributed by atoms with Crippen LogP contribution in [0.4, 0.5) is 0 Å². The van der Waals surface area contributed by atoms with Gasteiger partial charge in [0.25, 0.3) is 0 Å². The number of methoxy groups -OCH3 is 1. The Labute approximate surface area is 148 Å². The van der Waals surface area contributed by atoms with Crippen LogP contribution in [0, 0.1) is 20.8 Å². The van der Waals surface area contributed by atoms with Crippen LogP contribution in [0.25, 0.3) is 5.69 Å². The van der Waals surface area contributed by atoms with Gasteiger partial charge >= 0.3 is 0 Å². The third kappa shape index (κ3) is 3.48. The monoisotopic (exact) mass is 335 g/mol. The van der Waals surface area contributed by atoms with Crippen molar-refractivity contribution in [2.75, 3.05) is 7.11 Å². The van der Waals surface area contributed by atoms with Gasteiger partial charge in [0.1, 0.15) is 5.75 Å². The van der Waals surface area contributed by atoms with E-state index < -0.39 is 0 Å². The van der Waals surface area contributed by atoms with Gasteiger partial charge in [-0.2, -0.15) is 4.57 Å². The van der Waals surface area contributed by atoms with E-state index in [0.29, 0.717) is 6.54 Å². The first-order valence-corrected chi connectivity index (χ1v) is 8.32. The number of hydrogen-bond acceptors (Lipinski definition) is 2. The van der Waals surface area contributed by atoms with E-state index in [4.69, 9.17) is 4.74 Å². The van der Waals surface area contributed by atoms with Gasteiger partial charge in [-0.15, -0.1) is 0 Å². The minimum atomic E-state index is 0.113. The van der Waals surface area contributed by atoms with E-state index in [2.05, 4.69) is 4.57 Å². The lowest BCUT2D eigenvalue weighted by molar-refractivity contribution is -0.683. The average Bonchev–Trinajstić information content (AvgIpc) is 2.91. The van der Waals surface area contributed by atoms with E-state index >= 15 is 0 Å². The highest BCUT2D eigenvalue weighted by Crippen LogP contribution is 2.23. The van der Waals surface area contributed by atoms with Crippen LogP contribution in [0.3, 0.4) is 0 Å². The summed E-state index contributed by atoms with van der Waals surface area (Å²) in [6, 6.07) is 13.8. The van der Waals surface area contributed by atoms with Gasteiger partial charge in [-0.1, -0.05) is 0 Å². The SMILES string of the molecule is COc1ccc(-n2c(C)cc(C(=O)C[n+]3ccc(C)cc3)c2C)cc1. The number of carbonyl (C=O) groups excluding carboxylic acids is 1. The number of ether oxygens (including phenoxy) is 1. The first-order valence-electron chi connectivity index (χ1n) is 8.32. The van der Waals surface area contributed by atoms with Crippen LogP contribution in [-0.2, 0) is 6.54 Å². The maximum Gasteiger partial charge on any atom is 0.229 e. The second-order valence-corrected chi connectivity index (χ2v) is 6.29. The van der Waals surface area contributed by atoms with Gasteiger partial charge in [-0.3, -0.25) is 4.79 Å². The summed E-state index contributed by atoms with van der Waals surface area (Å²) in [5.74, 6) is 0.931. The molecule has 4 heteroatoms. The molecule has 0 fully saturated rings. The van der Waals surface area contributed by atoms with E-state index in [-0.39, 0.29) is 5.78 Å². The summed E-state index contributed by atoms with van der Waals surface area (Å²) in [7, 11) is 1.65. The fraction of sp³-hybridized carbons (Fsp3) is 0.238. The van der Waals surface area contributed by atoms with Gasteiger partial charge < -0.3 is 9.30 Å². The maximum absolute atomic E-state index is 12.8. The quantitative estimate of drug-likeness (QED) is 0.528. The minimum Gasteiger partial charge on any atom is -0.497 e. The summed E-state index contributed by atoms with van der Waals surface area (Å²) < 4.78 is 9.23. The number of nitrogens with zero attached hydrogens (tertiary/aromatic N) is 2. The molecule has 0 aliphatic rings. The summed E-state index contributed by atoms with van der Waals surface area (Å²) in [4.78, 5) is 12.8. The van der Waals surface area contributed by atoms with Crippen molar-refractivity contribution < 1.29 is 14.1 Å². The number of aromatic nitrogens is 2. The highest BCUT2D eigenvalue weighted by atomic mass is 16.5. The molecule has 2 heterocycles. The predicted octanol–water partition coefficient (Wildman–Crippen LogP) is 3.58. The van der Waals surface area contributed by atoms with Crippen molar-refractivity contribution in [3.8, 4) is 11.4 Å². The van der Waals surface area contributed by atoms with E-state index in [9.17, 15) is 4.79 Å². The van der Waals surface area contributed by atoms with Crippen molar-refractivity contribution in [2.45, 2.75) is 27.3 Å². The zero-order chi connectivity index (χ0) is 18.0. The summed E-state index contributed by atoms with van der Waals surface area (Å²) in [5, 5.41) is 0. The Hall–Kier alpha value is -2.88. The molecule has 3 aromatic rings. The van der Waals surface area contributed by atoms with Crippen LogP contribution in [0.1, 0.15) is 27.3 Å².